The van der Waals surface area contributed by atoms with Crippen LogP contribution in [-0.2, 0) is 11.8 Å². The van der Waals surface area contributed by atoms with E-state index in [-0.39, 0.29) is 17.2 Å². The first-order valence-electron chi connectivity index (χ1n) is 4.34. The Morgan fingerprint density at radius 3 is 2.80 bits per heavy atom. The number of amides is 1. The number of carbonyl (C=O) groups is 1. The van der Waals surface area contributed by atoms with Gasteiger partial charge in [-0.1, -0.05) is 0 Å². The largest absolute Gasteiger partial charge is 0.320 e. The number of aryl methyl sites for hydroxylation is 1. The van der Waals surface area contributed by atoms with Crippen LogP contribution < -0.4 is 16.6 Å². The summed E-state index contributed by atoms with van der Waals surface area (Å²) in [4.78, 5) is 22.9. The Morgan fingerprint density at radius 1 is 1.67 bits per heavy atom. The Labute approximate surface area is 95.4 Å². The molecule has 0 bridgehead atoms. The molecule has 0 saturated heterocycles. The number of hydrogen-bond donors (Lipinski definition) is 2. The van der Waals surface area contributed by atoms with Crippen molar-refractivity contribution >= 4 is 27.5 Å². The van der Waals surface area contributed by atoms with Gasteiger partial charge in [-0.3, -0.25) is 9.59 Å². The second kappa shape index (κ2) is 4.59. The van der Waals surface area contributed by atoms with E-state index < -0.39 is 6.04 Å². The average molecular weight is 274 g/mol. The molecule has 3 N–H and O–H groups in total. The van der Waals surface area contributed by atoms with Gasteiger partial charge in [0.25, 0.3) is 5.56 Å². The molecule has 0 radical (unpaired) electrons. The van der Waals surface area contributed by atoms with Crippen LogP contribution in [-0.4, -0.2) is 16.5 Å². The minimum absolute atomic E-state index is 0.217. The highest BCUT2D eigenvalue weighted by Crippen LogP contribution is 2.11. The molecular formula is C9H12BrN3O2. The molecule has 1 rings (SSSR count). The number of rotatable bonds is 2. The number of nitrogens with zero attached hydrogens (tertiary/aromatic N) is 1. The fraction of sp³-hybridized carbons (Fsp3) is 0.333. The monoisotopic (exact) mass is 273 g/mol. The van der Waals surface area contributed by atoms with Crippen LogP contribution in [0.25, 0.3) is 0 Å². The molecule has 0 aromatic carbocycles. The van der Waals surface area contributed by atoms with Crippen LogP contribution in [0.4, 0.5) is 5.69 Å². The molecule has 0 aliphatic rings. The SMILES string of the molecule is CC(N)C(=O)Nc1cc(Br)cn(C)c1=O. The van der Waals surface area contributed by atoms with E-state index in [0.29, 0.717) is 4.47 Å². The molecule has 15 heavy (non-hydrogen) atoms. The number of nitrogens with two attached hydrogens (primary N) is 1. The van der Waals surface area contributed by atoms with Gasteiger partial charge in [0.1, 0.15) is 5.69 Å². The van der Waals surface area contributed by atoms with Gasteiger partial charge in [-0.2, -0.15) is 0 Å². The Morgan fingerprint density at radius 2 is 2.27 bits per heavy atom. The highest BCUT2D eigenvalue weighted by atomic mass is 79.9. The number of halogens is 1. The first kappa shape index (κ1) is 11.9. The zero-order chi connectivity index (χ0) is 11.6. The van der Waals surface area contributed by atoms with Gasteiger partial charge in [0.2, 0.25) is 5.91 Å². The van der Waals surface area contributed by atoms with Crippen LogP contribution in [0, 0.1) is 0 Å². The van der Waals surface area contributed by atoms with Gasteiger partial charge in [-0.25, -0.2) is 0 Å². The summed E-state index contributed by atoms with van der Waals surface area (Å²) in [7, 11) is 1.61. The van der Waals surface area contributed by atoms with Crippen LogP contribution in [0.15, 0.2) is 21.5 Å². The smallest absolute Gasteiger partial charge is 0.274 e. The highest BCUT2D eigenvalue weighted by molar-refractivity contribution is 9.10. The van der Waals surface area contributed by atoms with Crippen molar-refractivity contribution in [3.63, 3.8) is 0 Å². The summed E-state index contributed by atoms with van der Waals surface area (Å²) in [6, 6.07) is 0.900. The second-order valence-corrected chi connectivity index (χ2v) is 4.18. The third-order valence-electron chi connectivity index (χ3n) is 1.82. The number of nitrogens with one attached hydrogen (secondary N) is 1. The number of carbonyl (C=O) groups excluding carboxylic acids is 1. The molecule has 0 aliphatic carbocycles. The predicted octanol–water partition coefficient (Wildman–Crippen LogP) is 0.433. The summed E-state index contributed by atoms with van der Waals surface area (Å²) >= 11 is 3.23. The molecule has 5 nitrogen and oxygen atoms in total. The quantitative estimate of drug-likeness (QED) is 0.821. The lowest BCUT2D eigenvalue weighted by Gasteiger charge is -2.08. The molecule has 1 atom stereocenters. The lowest BCUT2D eigenvalue weighted by molar-refractivity contribution is -0.117. The average Bonchev–Trinajstić information content (AvgIpc) is 2.13. The zero-order valence-electron chi connectivity index (χ0n) is 8.45. The number of anilines is 1. The second-order valence-electron chi connectivity index (χ2n) is 3.27. The number of hydrogen-bond acceptors (Lipinski definition) is 3. The number of aromatic nitrogens is 1. The zero-order valence-corrected chi connectivity index (χ0v) is 10.0. The fourth-order valence-electron chi connectivity index (χ4n) is 1.01. The highest BCUT2D eigenvalue weighted by Gasteiger charge is 2.10. The van der Waals surface area contributed by atoms with E-state index in [9.17, 15) is 9.59 Å². The summed E-state index contributed by atoms with van der Waals surface area (Å²) in [5, 5.41) is 2.46. The number of pyridine rings is 1. The normalized spacial score (nSPS) is 12.3. The van der Waals surface area contributed by atoms with Crippen molar-refractivity contribution in [3.05, 3.63) is 27.1 Å². The van der Waals surface area contributed by atoms with Crippen molar-refractivity contribution in [2.24, 2.45) is 12.8 Å². The van der Waals surface area contributed by atoms with Crippen molar-refractivity contribution < 1.29 is 4.79 Å². The molecule has 1 aromatic rings. The molecule has 0 aliphatic heterocycles. The third kappa shape index (κ3) is 2.90. The van der Waals surface area contributed by atoms with E-state index in [1.165, 1.54) is 4.57 Å². The van der Waals surface area contributed by atoms with Crippen molar-refractivity contribution in [2.45, 2.75) is 13.0 Å². The molecule has 0 saturated carbocycles. The van der Waals surface area contributed by atoms with Gasteiger partial charge < -0.3 is 15.6 Å². The van der Waals surface area contributed by atoms with Crippen molar-refractivity contribution in [3.8, 4) is 0 Å². The first-order valence-corrected chi connectivity index (χ1v) is 5.13. The third-order valence-corrected chi connectivity index (χ3v) is 2.26. The Balaban J connectivity index is 3.05. The van der Waals surface area contributed by atoms with E-state index in [1.54, 1.807) is 26.2 Å². The standard InChI is InChI=1S/C9H12BrN3O2/c1-5(11)8(14)12-7-3-6(10)4-13(2)9(7)15/h3-5H,11H2,1-2H3,(H,12,14). The van der Waals surface area contributed by atoms with Crippen LogP contribution in [0.2, 0.25) is 0 Å². The molecule has 0 spiro atoms. The van der Waals surface area contributed by atoms with Gasteiger partial charge in [-0.15, -0.1) is 0 Å². The Bertz CT molecular complexity index is 439. The minimum atomic E-state index is -0.645. The topological polar surface area (TPSA) is 77.1 Å². The molecule has 1 aromatic heterocycles. The van der Waals surface area contributed by atoms with Gasteiger partial charge in [0, 0.05) is 17.7 Å². The van der Waals surface area contributed by atoms with Gasteiger partial charge in [0.05, 0.1) is 6.04 Å². The lowest BCUT2D eigenvalue weighted by atomic mass is 10.3. The van der Waals surface area contributed by atoms with Crippen LogP contribution in [0.3, 0.4) is 0 Å². The van der Waals surface area contributed by atoms with Crippen LogP contribution in [0.5, 0.6) is 0 Å². The fourth-order valence-corrected chi connectivity index (χ4v) is 1.54. The van der Waals surface area contributed by atoms with Crippen molar-refractivity contribution in [1.82, 2.24) is 4.57 Å². The van der Waals surface area contributed by atoms with E-state index >= 15 is 0 Å². The Hall–Kier alpha value is -1.14. The minimum Gasteiger partial charge on any atom is -0.320 e. The van der Waals surface area contributed by atoms with Gasteiger partial charge >= 0.3 is 0 Å². The van der Waals surface area contributed by atoms with Crippen molar-refractivity contribution in [2.75, 3.05) is 5.32 Å². The summed E-state index contributed by atoms with van der Waals surface area (Å²) < 4.78 is 2.09. The maximum atomic E-state index is 11.6. The van der Waals surface area contributed by atoms with E-state index in [1.807, 2.05) is 0 Å². The molecule has 6 heteroatoms. The van der Waals surface area contributed by atoms with Crippen LogP contribution >= 0.6 is 15.9 Å². The molecule has 1 heterocycles. The van der Waals surface area contributed by atoms with E-state index in [0.717, 1.165) is 0 Å². The van der Waals surface area contributed by atoms with Gasteiger partial charge in [-0.05, 0) is 28.9 Å². The predicted molar refractivity (Wildman–Crippen MR) is 61.7 cm³/mol. The Kier molecular flexibility index (Phi) is 3.65. The summed E-state index contributed by atoms with van der Waals surface area (Å²) in [5.41, 5.74) is 5.32. The molecule has 1 unspecified atom stereocenters. The van der Waals surface area contributed by atoms with Crippen molar-refractivity contribution in [1.29, 1.82) is 0 Å². The lowest BCUT2D eigenvalue weighted by Crippen LogP contribution is -2.35. The molecule has 0 fully saturated rings. The van der Waals surface area contributed by atoms with E-state index in [4.69, 9.17) is 5.73 Å². The maximum absolute atomic E-state index is 11.6. The maximum Gasteiger partial charge on any atom is 0.274 e. The van der Waals surface area contributed by atoms with Gasteiger partial charge in [0.15, 0.2) is 0 Å². The first-order chi connectivity index (χ1) is 6.91. The summed E-state index contributed by atoms with van der Waals surface area (Å²) in [6.45, 7) is 1.55. The molecular weight excluding hydrogens is 262 g/mol. The summed E-state index contributed by atoms with van der Waals surface area (Å²) in [5.74, 6) is -0.384. The van der Waals surface area contributed by atoms with E-state index in [2.05, 4.69) is 21.2 Å². The molecule has 1 amide bonds. The van der Waals surface area contributed by atoms with Crippen LogP contribution in [0.1, 0.15) is 6.92 Å². The molecule has 82 valence electrons. The summed E-state index contributed by atoms with van der Waals surface area (Å²) in [6.07, 6.45) is 1.61.